The highest BCUT2D eigenvalue weighted by molar-refractivity contribution is 9.11. The SMILES string of the molecule is N#Cc1nc(-c2ccc(Br)s2)c2nonc2c1-c1ccc(Br)s1. The molecule has 4 aromatic heterocycles. The smallest absolute Gasteiger partial charge is 0.163 e. The van der Waals surface area contributed by atoms with Gasteiger partial charge >= 0.3 is 0 Å². The Hall–Kier alpha value is -1.60. The van der Waals surface area contributed by atoms with Crippen LogP contribution in [-0.2, 0) is 0 Å². The Labute approximate surface area is 154 Å². The highest BCUT2D eigenvalue weighted by Gasteiger charge is 2.22. The van der Waals surface area contributed by atoms with Crippen molar-refractivity contribution >= 4 is 65.6 Å². The summed E-state index contributed by atoms with van der Waals surface area (Å²) in [4.78, 5) is 6.30. The number of rotatable bonds is 2. The molecule has 0 atom stereocenters. The second-order valence-electron chi connectivity index (χ2n) is 4.46. The lowest BCUT2D eigenvalue weighted by atomic mass is 10.1. The molecule has 0 fully saturated rings. The molecule has 0 saturated carbocycles. The number of thiophene rings is 2. The second-order valence-corrected chi connectivity index (χ2v) is 9.39. The minimum Gasteiger partial charge on any atom is -0.243 e. The maximum Gasteiger partial charge on any atom is 0.163 e. The van der Waals surface area contributed by atoms with Crippen LogP contribution in [0.1, 0.15) is 5.69 Å². The zero-order valence-corrected chi connectivity index (χ0v) is 15.9. The molecular formula is C14H4Br2N4OS2. The molecular weight excluding hydrogens is 464 g/mol. The molecule has 112 valence electrons. The molecule has 0 aliphatic carbocycles. The Morgan fingerprint density at radius 3 is 2.22 bits per heavy atom. The summed E-state index contributed by atoms with van der Waals surface area (Å²) in [5, 5.41) is 17.6. The number of hydrogen-bond acceptors (Lipinski definition) is 7. The molecule has 23 heavy (non-hydrogen) atoms. The first-order valence-corrected chi connectivity index (χ1v) is 9.47. The van der Waals surface area contributed by atoms with E-state index in [2.05, 4.69) is 53.2 Å². The fourth-order valence-corrected chi connectivity index (χ4v) is 5.03. The third-order valence-electron chi connectivity index (χ3n) is 3.14. The van der Waals surface area contributed by atoms with Crippen molar-refractivity contribution in [3.63, 3.8) is 0 Å². The molecule has 4 heterocycles. The van der Waals surface area contributed by atoms with Crippen molar-refractivity contribution in [1.29, 1.82) is 5.26 Å². The van der Waals surface area contributed by atoms with Crippen molar-refractivity contribution in [3.05, 3.63) is 37.5 Å². The molecule has 4 rings (SSSR count). The number of nitrogens with zero attached hydrogens (tertiary/aromatic N) is 4. The minimum atomic E-state index is 0.307. The Kier molecular flexibility index (Phi) is 3.77. The van der Waals surface area contributed by atoms with Gasteiger partial charge in [0.1, 0.15) is 17.3 Å². The molecule has 0 aliphatic rings. The number of fused-ring (bicyclic) bond motifs is 1. The van der Waals surface area contributed by atoms with Gasteiger partial charge in [0.15, 0.2) is 11.2 Å². The summed E-state index contributed by atoms with van der Waals surface area (Å²) in [6, 6.07) is 9.86. The van der Waals surface area contributed by atoms with Crippen LogP contribution in [0.4, 0.5) is 0 Å². The van der Waals surface area contributed by atoms with E-state index in [0.29, 0.717) is 28.0 Å². The fraction of sp³-hybridized carbons (Fsp3) is 0. The van der Waals surface area contributed by atoms with E-state index in [1.807, 2.05) is 24.3 Å². The number of nitriles is 1. The van der Waals surface area contributed by atoms with Gasteiger partial charge in [0.05, 0.1) is 18.0 Å². The lowest BCUT2D eigenvalue weighted by Crippen LogP contribution is -1.93. The zero-order chi connectivity index (χ0) is 16.0. The highest BCUT2D eigenvalue weighted by atomic mass is 79.9. The Morgan fingerprint density at radius 2 is 1.61 bits per heavy atom. The molecule has 4 aromatic rings. The average Bonchev–Trinajstić information content (AvgIpc) is 3.26. The predicted molar refractivity (Wildman–Crippen MR) is 96.3 cm³/mol. The summed E-state index contributed by atoms with van der Waals surface area (Å²) in [6.07, 6.45) is 0. The molecule has 0 N–H and O–H groups in total. The zero-order valence-electron chi connectivity index (χ0n) is 11.1. The second kappa shape index (κ2) is 5.79. The predicted octanol–water partition coefficient (Wildman–Crippen LogP) is 5.47. The summed E-state index contributed by atoms with van der Waals surface area (Å²) in [6.45, 7) is 0. The van der Waals surface area contributed by atoms with Gasteiger partial charge in [0.25, 0.3) is 0 Å². The molecule has 0 unspecified atom stereocenters. The molecule has 0 saturated heterocycles. The molecule has 9 heteroatoms. The van der Waals surface area contributed by atoms with Crippen LogP contribution < -0.4 is 0 Å². The first-order valence-electron chi connectivity index (χ1n) is 6.25. The van der Waals surface area contributed by atoms with Gasteiger partial charge in [-0.1, -0.05) is 0 Å². The molecule has 5 nitrogen and oxygen atoms in total. The topological polar surface area (TPSA) is 75.6 Å². The lowest BCUT2D eigenvalue weighted by Gasteiger charge is -2.04. The van der Waals surface area contributed by atoms with Crippen LogP contribution in [0.3, 0.4) is 0 Å². The van der Waals surface area contributed by atoms with E-state index in [-0.39, 0.29) is 0 Å². The molecule has 0 radical (unpaired) electrons. The minimum absolute atomic E-state index is 0.307. The highest BCUT2D eigenvalue weighted by Crippen LogP contribution is 2.40. The van der Waals surface area contributed by atoms with Gasteiger partial charge in [-0.3, -0.25) is 0 Å². The van der Waals surface area contributed by atoms with E-state index in [9.17, 15) is 5.26 Å². The largest absolute Gasteiger partial charge is 0.243 e. The van der Waals surface area contributed by atoms with Crippen molar-refractivity contribution in [3.8, 4) is 27.1 Å². The molecule has 0 amide bonds. The summed E-state index contributed by atoms with van der Waals surface area (Å²) in [5.41, 5.74) is 2.66. The maximum atomic E-state index is 9.56. The average molecular weight is 468 g/mol. The van der Waals surface area contributed by atoms with Gasteiger partial charge in [-0.05, 0) is 66.4 Å². The van der Waals surface area contributed by atoms with Gasteiger partial charge in [-0.2, -0.15) is 5.26 Å². The van der Waals surface area contributed by atoms with E-state index in [0.717, 1.165) is 17.3 Å². The van der Waals surface area contributed by atoms with Crippen LogP contribution in [0.15, 0.2) is 36.5 Å². The Morgan fingerprint density at radius 1 is 0.957 bits per heavy atom. The van der Waals surface area contributed by atoms with Gasteiger partial charge in [0.2, 0.25) is 0 Å². The molecule has 0 spiro atoms. The van der Waals surface area contributed by atoms with E-state index >= 15 is 0 Å². The van der Waals surface area contributed by atoms with E-state index < -0.39 is 0 Å². The number of halogens is 2. The Balaban J connectivity index is 2.07. The summed E-state index contributed by atoms with van der Waals surface area (Å²) >= 11 is 9.89. The summed E-state index contributed by atoms with van der Waals surface area (Å²) < 4.78 is 6.88. The standard InChI is InChI=1S/C14H4Br2N4OS2/c15-9-3-1-7(22-9)11-6(5-17)18-12(8-2-4-10(16)23-8)14-13(11)19-21-20-14/h1-4H. The van der Waals surface area contributed by atoms with Crippen molar-refractivity contribution in [2.45, 2.75) is 0 Å². The van der Waals surface area contributed by atoms with Crippen LogP contribution in [0.2, 0.25) is 0 Å². The molecule has 0 aromatic carbocycles. The number of aromatic nitrogens is 3. The van der Waals surface area contributed by atoms with Crippen molar-refractivity contribution in [2.75, 3.05) is 0 Å². The first kappa shape index (κ1) is 15.0. The van der Waals surface area contributed by atoms with Gasteiger partial charge in [-0.25, -0.2) is 9.61 Å². The van der Waals surface area contributed by atoms with E-state index in [4.69, 9.17) is 4.63 Å². The number of hydrogen-bond donors (Lipinski definition) is 0. The molecule has 0 bridgehead atoms. The van der Waals surface area contributed by atoms with Gasteiger partial charge < -0.3 is 0 Å². The van der Waals surface area contributed by atoms with Gasteiger partial charge in [-0.15, -0.1) is 22.7 Å². The quantitative estimate of drug-likeness (QED) is 0.390. The third kappa shape index (κ3) is 2.52. The normalized spacial score (nSPS) is 11.0. The monoisotopic (exact) mass is 466 g/mol. The van der Waals surface area contributed by atoms with Crippen LogP contribution in [-0.4, -0.2) is 15.3 Å². The maximum absolute atomic E-state index is 9.56. The lowest BCUT2D eigenvalue weighted by molar-refractivity contribution is 0.315. The van der Waals surface area contributed by atoms with Crippen molar-refractivity contribution in [2.24, 2.45) is 0 Å². The fourth-order valence-electron chi connectivity index (χ4n) is 2.22. The van der Waals surface area contributed by atoms with E-state index in [1.54, 1.807) is 0 Å². The first-order chi connectivity index (χ1) is 11.2. The van der Waals surface area contributed by atoms with Crippen LogP contribution in [0.5, 0.6) is 0 Å². The van der Waals surface area contributed by atoms with Crippen molar-refractivity contribution in [1.82, 2.24) is 15.3 Å². The van der Waals surface area contributed by atoms with Crippen LogP contribution in [0.25, 0.3) is 32.0 Å². The van der Waals surface area contributed by atoms with Crippen LogP contribution in [0, 0.1) is 11.3 Å². The third-order valence-corrected chi connectivity index (χ3v) is 6.41. The summed E-state index contributed by atoms with van der Waals surface area (Å²) in [7, 11) is 0. The number of pyridine rings is 1. The Bertz CT molecular complexity index is 1080. The van der Waals surface area contributed by atoms with E-state index in [1.165, 1.54) is 22.7 Å². The summed E-state index contributed by atoms with van der Waals surface area (Å²) in [5.74, 6) is 0. The van der Waals surface area contributed by atoms with Gasteiger partial charge in [0, 0.05) is 4.88 Å². The molecule has 0 aliphatic heterocycles. The van der Waals surface area contributed by atoms with Crippen molar-refractivity contribution < 1.29 is 4.63 Å². The van der Waals surface area contributed by atoms with Crippen LogP contribution >= 0.6 is 54.5 Å².